The van der Waals surface area contributed by atoms with Crippen molar-refractivity contribution in [1.29, 1.82) is 0 Å². The number of carbonyl (C=O) groups is 2. The first-order valence-corrected chi connectivity index (χ1v) is 8.53. The summed E-state index contributed by atoms with van der Waals surface area (Å²) in [6.07, 6.45) is -0.0511. The summed E-state index contributed by atoms with van der Waals surface area (Å²) in [6, 6.07) is 8.07. The third-order valence-electron chi connectivity index (χ3n) is 4.17. The molecular formula is C17H19N3O3S. The van der Waals surface area contributed by atoms with E-state index in [2.05, 4.69) is 10.4 Å². The van der Waals surface area contributed by atoms with Gasteiger partial charge in [-0.1, -0.05) is 24.3 Å². The lowest BCUT2D eigenvalue weighted by Gasteiger charge is -2.30. The van der Waals surface area contributed by atoms with Crippen LogP contribution in [0.2, 0.25) is 0 Å². The number of aromatic nitrogens is 1. The summed E-state index contributed by atoms with van der Waals surface area (Å²) in [5.41, 5.74) is 8.93. The zero-order chi connectivity index (χ0) is 17.3. The van der Waals surface area contributed by atoms with Crippen molar-refractivity contribution < 1.29 is 14.3 Å². The number of aryl methyl sites for hydroxylation is 1. The second kappa shape index (κ2) is 6.60. The molecule has 1 amide bonds. The molecule has 126 valence electrons. The number of rotatable bonds is 3. The molecule has 1 atom stereocenters. The van der Waals surface area contributed by atoms with Crippen LogP contribution >= 0.6 is 11.5 Å². The monoisotopic (exact) mass is 345 g/mol. The molecule has 1 aliphatic rings. The molecule has 0 saturated carbocycles. The molecule has 1 aromatic heterocycles. The highest BCUT2D eigenvalue weighted by atomic mass is 32.1. The van der Waals surface area contributed by atoms with Gasteiger partial charge in [-0.2, -0.15) is 4.37 Å². The summed E-state index contributed by atoms with van der Waals surface area (Å²) in [5.74, 6) is -0.797. The Balaban J connectivity index is 1.66. The van der Waals surface area contributed by atoms with Crippen LogP contribution in [-0.4, -0.2) is 33.8 Å². The Kier molecular flexibility index (Phi) is 4.53. The van der Waals surface area contributed by atoms with Crippen LogP contribution in [0.3, 0.4) is 0 Å². The number of esters is 1. The summed E-state index contributed by atoms with van der Waals surface area (Å²) in [4.78, 5) is 26.5. The van der Waals surface area contributed by atoms with Crippen molar-refractivity contribution >= 4 is 28.4 Å². The van der Waals surface area contributed by atoms with Gasteiger partial charge in [-0.3, -0.25) is 4.79 Å². The normalized spacial score (nSPS) is 14.8. The molecule has 3 rings (SSSR count). The highest BCUT2D eigenvalue weighted by molar-refractivity contribution is 7.10. The van der Waals surface area contributed by atoms with E-state index in [1.54, 1.807) is 18.7 Å². The Morgan fingerprint density at radius 3 is 2.71 bits per heavy atom. The SMILES string of the molecule is Cc1nsc(N)c1C(=O)OC(C)C(=O)N1CCc2ccccc2C1. The molecule has 24 heavy (non-hydrogen) atoms. The molecule has 2 aromatic rings. The molecule has 1 aromatic carbocycles. The van der Waals surface area contributed by atoms with E-state index in [4.69, 9.17) is 10.5 Å². The van der Waals surface area contributed by atoms with Crippen LogP contribution in [-0.2, 0) is 22.5 Å². The van der Waals surface area contributed by atoms with Crippen molar-refractivity contribution in [1.82, 2.24) is 9.27 Å². The van der Waals surface area contributed by atoms with Gasteiger partial charge < -0.3 is 15.4 Å². The van der Waals surface area contributed by atoms with E-state index in [9.17, 15) is 9.59 Å². The van der Waals surface area contributed by atoms with Gasteiger partial charge in [-0.25, -0.2) is 4.79 Å². The van der Waals surface area contributed by atoms with E-state index in [1.165, 1.54) is 5.56 Å². The summed E-state index contributed by atoms with van der Waals surface area (Å²) in [7, 11) is 0. The zero-order valence-electron chi connectivity index (χ0n) is 13.6. The van der Waals surface area contributed by atoms with Gasteiger partial charge in [0, 0.05) is 13.1 Å². The van der Waals surface area contributed by atoms with Gasteiger partial charge >= 0.3 is 5.97 Å². The molecule has 0 spiro atoms. The smallest absolute Gasteiger partial charge is 0.343 e. The lowest BCUT2D eigenvalue weighted by Crippen LogP contribution is -2.42. The predicted octanol–water partition coefficient (Wildman–Crippen LogP) is 2.16. The maximum atomic E-state index is 12.6. The second-order valence-corrected chi connectivity index (χ2v) is 6.64. The minimum absolute atomic E-state index is 0.197. The van der Waals surface area contributed by atoms with Gasteiger partial charge in [0.25, 0.3) is 5.91 Å². The third kappa shape index (κ3) is 3.12. The average Bonchev–Trinajstić information content (AvgIpc) is 2.92. The molecule has 1 aliphatic heterocycles. The number of nitrogens with two attached hydrogens (primary N) is 1. The maximum Gasteiger partial charge on any atom is 0.343 e. The van der Waals surface area contributed by atoms with Crippen LogP contribution in [0.1, 0.15) is 34.1 Å². The number of ether oxygens (including phenoxy) is 1. The Morgan fingerprint density at radius 1 is 1.33 bits per heavy atom. The van der Waals surface area contributed by atoms with Gasteiger partial charge in [0.05, 0.1) is 5.69 Å². The first-order chi connectivity index (χ1) is 11.5. The lowest BCUT2D eigenvalue weighted by molar-refractivity contribution is -0.140. The number of benzene rings is 1. The zero-order valence-corrected chi connectivity index (χ0v) is 14.4. The van der Waals surface area contributed by atoms with Crippen molar-refractivity contribution in [2.45, 2.75) is 32.9 Å². The molecule has 0 saturated heterocycles. The molecule has 0 fully saturated rings. The van der Waals surface area contributed by atoms with Crippen molar-refractivity contribution in [3.05, 3.63) is 46.6 Å². The number of hydrogen-bond donors (Lipinski definition) is 1. The molecule has 2 heterocycles. The fourth-order valence-electron chi connectivity index (χ4n) is 2.85. The van der Waals surface area contributed by atoms with E-state index in [1.807, 2.05) is 18.2 Å². The first-order valence-electron chi connectivity index (χ1n) is 7.75. The van der Waals surface area contributed by atoms with Crippen LogP contribution in [0, 0.1) is 6.92 Å². The largest absolute Gasteiger partial charge is 0.449 e. The van der Waals surface area contributed by atoms with Gasteiger partial charge in [0.2, 0.25) is 0 Å². The van der Waals surface area contributed by atoms with Crippen LogP contribution in [0.4, 0.5) is 5.00 Å². The number of nitrogen functional groups attached to an aromatic ring is 1. The molecular weight excluding hydrogens is 326 g/mol. The van der Waals surface area contributed by atoms with Gasteiger partial charge in [0.15, 0.2) is 6.10 Å². The highest BCUT2D eigenvalue weighted by Gasteiger charge is 2.28. The molecule has 0 aliphatic carbocycles. The number of anilines is 1. The van der Waals surface area contributed by atoms with E-state index < -0.39 is 12.1 Å². The Morgan fingerprint density at radius 2 is 2.04 bits per heavy atom. The van der Waals surface area contributed by atoms with Crippen molar-refractivity contribution in [3.63, 3.8) is 0 Å². The quantitative estimate of drug-likeness (QED) is 0.862. The van der Waals surface area contributed by atoms with Crippen LogP contribution in [0.5, 0.6) is 0 Å². The molecule has 6 nitrogen and oxygen atoms in total. The Bertz CT molecular complexity index is 768. The minimum atomic E-state index is -0.860. The van der Waals surface area contributed by atoms with Gasteiger partial charge in [0.1, 0.15) is 10.6 Å². The number of amides is 1. The highest BCUT2D eigenvalue weighted by Crippen LogP contribution is 2.23. The van der Waals surface area contributed by atoms with E-state index >= 15 is 0 Å². The number of nitrogens with zero attached hydrogens (tertiary/aromatic N) is 2. The van der Waals surface area contributed by atoms with Gasteiger partial charge in [-0.05, 0) is 42.9 Å². The summed E-state index contributed by atoms with van der Waals surface area (Å²) in [5, 5.41) is 0.309. The lowest BCUT2D eigenvalue weighted by atomic mass is 9.99. The summed E-state index contributed by atoms with van der Waals surface area (Å²) < 4.78 is 9.34. The predicted molar refractivity (Wildman–Crippen MR) is 91.7 cm³/mol. The third-order valence-corrected chi connectivity index (χ3v) is 4.93. The number of hydrogen-bond acceptors (Lipinski definition) is 6. The van der Waals surface area contributed by atoms with E-state index in [0.29, 0.717) is 23.8 Å². The van der Waals surface area contributed by atoms with Crippen molar-refractivity contribution in [2.75, 3.05) is 12.3 Å². The summed E-state index contributed by atoms with van der Waals surface area (Å²) >= 11 is 1.05. The molecule has 1 unspecified atom stereocenters. The van der Waals surface area contributed by atoms with E-state index in [-0.39, 0.29) is 11.5 Å². The van der Waals surface area contributed by atoms with Crippen LogP contribution in [0.25, 0.3) is 0 Å². The van der Waals surface area contributed by atoms with Gasteiger partial charge in [-0.15, -0.1) is 0 Å². The van der Waals surface area contributed by atoms with Crippen molar-refractivity contribution in [2.24, 2.45) is 0 Å². The Hall–Kier alpha value is -2.41. The Labute approximate surface area is 144 Å². The van der Waals surface area contributed by atoms with E-state index in [0.717, 1.165) is 23.5 Å². The van der Waals surface area contributed by atoms with Crippen LogP contribution in [0.15, 0.2) is 24.3 Å². The number of fused-ring (bicyclic) bond motifs is 1. The molecule has 0 bridgehead atoms. The maximum absolute atomic E-state index is 12.6. The second-order valence-electron chi connectivity index (χ2n) is 5.83. The fourth-order valence-corrected chi connectivity index (χ4v) is 3.50. The fraction of sp³-hybridized carbons (Fsp3) is 0.353. The van der Waals surface area contributed by atoms with Crippen molar-refractivity contribution in [3.8, 4) is 0 Å². The number of carbonyl (C=O) groups excluding carboxylic acids is 2. The standard InChI is InChI=1S/C17H19N3O3S/c1-10-14(15(18)24-19-10)17(22)23-11(2)16(21)20-8-7-12-5-3-4-6-13(12)9-20/h3-6,11H,7-9,18H2,1-2H3. The molecule has 0 radical (unpaired) electrons. The topological polar surface area (TPSA) is 85.5 Å². The first kappa shape index (κ1) is 16.4. The average molecular weight is 345 g/mol. The molecule has 2 N–H and O–H groups in total. The molecule has 7 heteroatoms. The minimum Gasteiger partial charge on any atom is -0.449 e. The van der Waals surface area contributed by atoms with Crippen LogP contribution < -0.4 is 5.73 Å². The summed E-state index contributed by atoms with van der Waals surface area (Å²) in [6.45, 7) is 4.44.